The molecule has 4 nitrogen and oxygen atoms in total. The lowest BCUT2D eigenvalue weighted by Crippen LogP contribution is -2.34. The number of unbranched alkanes of at least 4 members (excludes halogenated alkanes) is 1. The smallest absolute Gasteiger partial charge is 0.221 e. The molecule has 0 heterocycles. The van der Waals surface area contributed by atoms with Crippen molar-refractivity contribution in [3.8, 4) is 0 Å². The largest absolute Gasteiger partial charge is 0.356 e. The molecule has 0 aromatic carbocycles. The van der Waals surface area contributed by atoms with Gasteiger partial charge >= 0.3 is 0 Å². The molecule has 0 bridgehead atoms. The minimum absolute atomic E-state index is 0.151. The van der Waals surface area contributed by atoms with Crippen LogP contribution in [0.4, 0.5) is 0 Å². The number of carbonyl (C=O) groups excluding carboxylic acids is 1. The Bertz CT molecular complexity index is 183. The standard InChI is InChI=1S/C12H27N3O/c1-5-13-11(2)10-12(16)14-8-6-7-9-15(3)4/h11,13H,5-10H2,1-4H3,(H,14,16). The van der Waals surface area contributed by atoms with E-state index in [0.717, 1.165) is 32.5 Å². The van der Waals surface area contributed by atoms with E-state index in [1.54, 1.807) is 0 Å². The molecule has 1 atom stereocenters. The van der Waals surface area contributed by atoms with Crippen LogP contribution in [0.15, 0.2) is 0 Å². The maximum Gasteiger partial charge on any atom is 0.221 e. The lowest BCUT2D eigenvalue weighted by Gasteiger charge is -2.12. The van der Waals surface area contributed by atoms with E-state index in [1.165, 1.54) is 0 Å². The summed E-state index contributed by atoms with van der Waals surface area (Å²) in [5, 5.41) is 6.17. The zero-order chi connectivity index (χ0) is 12.4. The minimum Gasteiger partial charge on any atom is -0.356 e. The van der Waals surface area contributed by atoms with Gasteiger partial charge in [-0.2, -0.15) is 0 Å². The van der Waals surface area contributed by atoms with Gasteiger partial charge in [0.05, 0.1) is 0 Å². The van der Waals surface area contributed by atoms with Gasteiger partial charge in [0.2, 0.25) is 5.91 Å². The molecule has 0 aromatic rings. The van der Waals surface area contributed by atoms with E-state index in [1.807, 2.05) is 6.92 Å². The molecule has 2 N–H and O–H groups in total. The van der Waals surface area contributed by atoms with Gasteiger partial charge < -0.3 is 15.5 Å². The summed E-state index contributed by atoms with van der Waals surface area (Å²) in [5.41, 5.74) is 0. The van der Waals surface area contributed by atoms with E-state index in [9.17, 15) is 4.79 Å². The number of hydrogen-bond donors (Lipinski definition) is 2. The van der Waals surface area contributed by atoms with Crippen LogP contribution in [0.3, 0.4) is 0 Å². The van der Waals surface area contributed by atoms with Crippen molar-refractivity contribution in [2.24, 2.45) is 0 Å². The highest BCUT2D eigenvalue weighted by Gasteiger charge is 2.06. The Morgan fingerprint density at radius 2 is 2.00 bits per heavy atom. The number of amides is 1. The topological polar surface area (TPSA) is 44.4 Å². The molecular formula is C12H27N3O. The van der Waals surface area contributed by atoms with Gasteiger partial charge in [-0.15, -0.1) is 0 Å². The van der Waals surface area contributed by atoms with Crippen LogP contribution in [-0.2, 0) is 4.79 Å². The van der Waals surface area contributed by atoms with Gasteiger partial charge in [0, 0.05) is 19.0 Å². The van der Waals surface area contributed by atoms with E-state index in [0.29, 0.717) is 6.42 Å². The summed E-state index contributed by atoms with van der Waals surface area (Å²) in [5.74, 6) is 0.151. The lowest BCUT2D eigenvalue weighted by molar-refractivity contribution is -0.121. The maximum atomic E-state index is 11.5. The van der Waals surface area contributed by atoms with Gasteiger partial charge in [0.1, 0.15) is 0 Å². The Balaban J connectivity index is 3.36. The molecule has 0 rings (SSSR count). The highest BCUT2D eigenvalue weighted by atomic mass is 16.1. The first-order valence-corrected chi connectivity index (χ1v) is 6.21. The highest BCUT2D eigenvalue weighted by Crippen LogP contribution is 1.92. The zero-order valence-electron chi connectivity index (χ0n) is 11.2. The Hall–Kier alpha value is -0.610. The van der Waals surface area contributed by atoms with Crippen molar-refractivity contribution in [3.05, 3.63) is 0 Å². The van der Waals surface area contributed by atoms with Crippen LogP contribution in [0.5, 0.6) is 0 Å². The van der Waals surface area contributed by atoms with Gasteiger partial charge in [0.25, 0.3) is 0 Å². The number of hydrogen-bond acceptors (Lipinski definition) is 3. The number of nitrogens with zero attached hydrogens (tertiary/aromatic N) is 1. The Morgan fingerprint density at radius 1 is 1.31 bits per heavy atom. The van der Waals surface area contributed by atoms with Crippen LogP contribution in [0.1, 0.15) is 33.1 Å². The second-order valence-corrected chi connectivity index (χ2v) is 4.52. The van der Waals surface area contributed by atoms with Crippen LogP contribution in [-0.4, -0.2) is 50.6 Å². The number of rotatable bonds is 9. The summed E-state index contributed by atoms with van der Waals surface area (Å²) in [6.45, 7) is 6.89. The third-order valence-corrected chi connectivity index (χ3v) is 2.40. The van der Waals surface area contributed by atoms with Crippen LogP contribution < -0.4 is 10.6 Å². The van der Waals surface area contributed by atoms with E-state index in [4.69, 9.17) is 0 Å². The molecule has 0 aliphatic rings. The number of carbonyl (C=O) groups is 1. The van der Waals surface area contributed by atoms with Crippen molar-refractivity contribution in [1.29, 1.82) is 0 Å². The van der Waals surface area contributed by atoms with Crippen molar-refractivity contribution in [2.45, 2.75) is 39.2 Å². The second kappa shape index (κ2) is 9.60. The number of nitrogens with one attached hydrogen (secondary N) is 2. The summed E-state index contributed by atoms with van der Waals surface area (Å²) < 4.78 is 0. The monoisotopic (exact) mass is 229 g/mol. The van der Waals surface area contributed by atoms with Crippen molar-refractivity contribution in [1.82, 2.24) is 15.5 Å². The highest BCUT2D eigenvalue weighted by molar-refractivity contribution is 5.76. The normalized spacial score (nSPS) is 12.8. The van der Waals surface area contributed by atoms with Crippen LogP contribution >= 0.6 is 0 Å². The summed E-state index contributed by atoms with van der Waals surface area (Å²) in [7, 11) is 4.13. The summed E-state index contributed by atoms with van der Waals surface area (Å²) in [6, 6.07) is 0.270. The summed E-state index contributed by atoms with van der Waals surface area (Å²) in [4.78, 5) is 13.6. The third kappa shape index (κ3) is 9.93. The van der Waals surface area contributed by atoms with Crippen LogP contribution in [0.25, 0.3) is 0 Å². The molecule has 0 aromatic heterocycles. The van der Waals surface area contributed by atoms with Gasteiger partial charge in [-0.05, 0) is 47.0 Å². The fraction of sp³-hybridized carbons (Fsp3) is 0.917. The minimum atomic E-state index is 0.151. The molecule has 0 aliphatic heterocycles. The van der Waals surface area contributed by atoms with Crippen LogP contribution in [0, 0.1) is 0 Å². The average Bonchev–Trinajstić information content (AvgIpc) is 2.16. The fourth-order valence-corrected chi connectivity index (χ4v) is 1.55. The van der Waals surface area contributed by atoms with E-state index in [2.05, 4.69) is 36.6 Å². The molecule has 0 saturated heterocycles. The molecule has 0 aliphatic carbocycles. The molecule has 4 heteroatoms. The quantitative estimate of drug-likeness (QED) is 0.576. The van der Waals surface area contributed by atoms with Gasteiger partial charge in [-0.1, -0.05) is 6.92 Å². The molecule has 96 valence electrons. The Labute approximate surface area is 99.8 Å². The van der Waals surface area contributed by atoms with Crippen molar-refractivity contribution in [2.75, 3.05) is 33.7 Å². The molecule has 16 heavy (non-hydrogen) atoms. The third-order valence-electron chi connectivity index (χ3n) is 2.40. The molecule has 1 unspecified atom stereocenters. The molecular weight excluding hydrogens is 202 g/mol. The fourth-order valence-electron chi connectivity index (χ4n) is 1.55. The molecule has 0 fully saturated rings. The van der Waals surface area contributed by atoms with Crippen molar-refractivity contribution >= 4 is 5.91 Å². The van der Waals surface area contributed by atoms with Gasteiger partial charge in [-0.25, -0.2) is 0 Å². The first-order valence-electron chi connectivity index (χ1n) is 6.21. The molecule has 0 radical (unpaired) electrons. The summed E-state index contributed by atoms with van der Waals surface area (Å²) >= 11 is 0. The van der Waals surface area contributed by atoms with Gasteiger partial charge in [-0.3, -0.25) is 4.79 Å². The predicted molar refractivity (Wildman–Crippen MR) is 68.6 cm³/mol. The maximum absolute atomic E-state index is 11.5. The second-order valence-electron chi connectivity index (χ2n) is 4.52. The zero-order valence-corrected chi connectivity index (χ0v) is 11.2. The summed E-state index contributed by atoms with van der Waals surface area (Å²) in [6.07, 6.45) is 2.76. The molecule has 0 spiro atoms. The lowest BCUT2D eigenvalue weighted by atomic mass is 10.2. The van der Waals surface area contributed by atoms with E-state index < -0.39 is 0 Å². The SMILES string of the molecule is CCNC(C)CC(=O)NCCCCN(C)C. The molecule has 1 amide bonds. The van der Waals surface area contributed by atoms with E-state index >= 15 is 0 Å². The first kappa shape index (κ1) is 15.4. The Kier molecular flexibility index (Phi) is 9.24. The molecule has 0 saturated carbocycles. The average molecular weight is 229 g/mol. The van der Waals surface area contributed by atoms with E-state index in [-0.39, 0.29) is 11.9 Å². The predicted octanol–water partition coefficient (Wildman–Crippen LogP) is 0.833. The van der Waals surface area contributed by atoms with Crippen molar-refractivity contribution < 1.29 is 4.79 Å². The first-order chi connectivity index (χ1) is 7.56. The van der Waals surface area contributed by atoms with Gasteiger partial charge in [0.15, 0.2) is 0 Å². The van der Waals surface area contributed by atoms with Crippen LogP contribution in [0.2, 0.25) is 0 Å². The Morgan fingerprint density at radius 3 is 2.56 bits per heavy atom. The van der Waals surface area contributed by atoms with Crippen molar-refractivity contribution in [3.63, 3.8) is 0 Å².